The first kappa shape index (κ1) is 9.78. The van der Waals surface area contributed by atoms with Gasteiger partial charge in [0, 0.05) is 0 Å². The van der Waals surface area contributed by atoms with Gasteiger partial charge in [-0.25, -0.2) is 0 Å². The van der Waals surface area contributed by atoms with Gasteiger partial charge in [0.05, 0.1) is 0 Å². The van der Waals surface area contributed by atoms with E-state index in [1.807, 2.05) is 0 Å². The number of allylic oxidation sites excluding steroid dienone is 1. The molecule has 0 amide bonds. The van der Waals surface area contributed by atoms with E-state index in [0.29, 0.717) is 0 Å². The lowest BCUT2D eigenvalue weighted by molar-refractivity contribution is 1.23. The van der Waals surface area contributed by atoms with Gasteiger partial charge in [0.2, 0.25) is 0 Å². The van der Waals surface area contributed by atoms with Crippen LogP contribution in [-0.2, 0) is 0 Å². The summed E-state index contributed by atoms with van der Waals surface area (Å²) in [5, 5.41) is 0. The first-order valence-electron chi connectivity index (χ1n) is 4.14. The van der Waals surface area contributed by atoms with Crippen LogP contribution in [0.5, 0.6) is 0 Å². The van der Waals surface area contributed by atoms with Crippen LogP contribution < -0.4 is 0 Å². The quantitative estimate of drug-likeness (QED) is 0.708. The highest BCUT2D eigenvalue weighted by molar-refractivity contribution is 14.1. The predicted octanol–water partition coefficient (Wildman–Crippen LogP) is 4.18. The number of benzene rings is 1. The fourth-order valence-electron chi connectivity index (χ4n) is 1.26. The summed E-state index contributed by atoms with van der Waals surface area (Å²) in [4.78, 5) is 0. The highest BCUT2D eigenvalue weighted by Gasteiger charge is 2.00. The van der Waals surface area contributed by atoms with E-state index in [2.05, 4.69) is 64.8 Å². The Balaban J connectivity index is 3.10. The average Bonchev–Trinajstić information content (AvgIpc) is 2.10. The molecule has 0 saturated carbocycles. The molecule has 0 aliphatic heterocycles. The molecule has 1 heteroatoms. The topological polar surface area (TPSA) is 0 Å². The van der Waals surface area contributed by atoms with Crippen LogP contribution in [0.25, 0.3) is 5.57 Å². The molecule has 0 spiro atoms. The first-order chi connectivity index (χ1) is 5.79. The van der Waals surface area contributed by atoms with Crippen LogP contribution in [0.3, 0.4) is 0 Å². The van der Waals surface area contributed by atoms with Gasteiger partial charge in [-0.05, 0) is 34.1 Å². The minimum atomic E-state index is 1.10. The molecule has 1 aromatic rings. The molecule has 0 saturated heterocycles. The fraction of sp³-hybridized carbons (Fsp3) is 0.273. The molecule has 1 aromatic carbocycles. The van der Waals surface area contributed by atoms with Gasteiger partial charge >= 0.3 is 0 Å². The number of halogens is 1. The number of hydrogen-bond donors (Lipinski definition) is 0. The maximum atomic E-state index is 2.31. The summed E-state index contributed by atoms with van der Waals surface area (Å²) in [7, 11) is 0. The van der Waals surface area contributed by atoms with E-state index >= 15 is 0 Å². The van der Waals surface area contributed by atoms with Crippen LogP contribution in [0.4, 0.5) is 0 Å². The van der Waals surface area contributed by atoms with Crippen molar-refractivity contribution in [3.05, 3.63) is 39.5 Å². The van der Waals surface area contributed by atoms with E-state index in [1.165, 1.54) is 16.7 Å². The molecule has 0 aliphatic rings. The monoisotopic (exact) mass is 272 g/mol. The second-order valence-electron chi connectivity index (χ2n) is 2.80. The highest BCUT2D eigenvalue weighted by Crippen LogP contribution is 2.22. The average molecular weight is 272 g/mol. The maximum Gasteiger partial charge on any atom is -0.0191 e. The first-order valence-corrected chi connectivity index (χ1v) is 5.39. The SMILES string of the molecule is CC/C(=C/I)c1ccccc1C. The molecule has 0 N–H and O–H groups in total. The highest BCUT2D eigenvalue weighted by atomic mass is 127. The Kier molecular flexibility index (Phi) is 3.79. The van der Waals surface area contributed by atoms with Crippen LogP contribution in [0.2, 0.25) is 0 Å². The van der Waals surface area contributed by atoms with Gasteiger partial charge < -0.3 is 0 Å². The molecule has 0 bridgehead atoms. The summed E-state index contributed by atoms with van der Waals surface area (Å²) < 4.78 is 2.17. The van der Waals surface area contributed by atoms with Gasteiger partial charge in [-0.15, -0.1) is 0 Å². The van der Waals surface area contributed by atoms with E-state index in [1.54, 1.807) is 0 Å². The zero-order valence-electron chi connectivity index (χ0n) is 7.47. The van der Waals surface area contributed by atoms with Gasteiger partial charge in [-0.2, -0.15) is 0 Å². The molecule has 12 heavy (non-hydrogen) atoms. The zero-order valence-corrected chi connectivity index (χ0v) is 9.63. The van der Waals surface area contributed by atoms with Crippen molar-refractivity contribution in [1.29, 1.82) is 0 Å². The van der Waals surface area contributed by atoms with E-state index in [9.17, 15) is 0 Å². The normalized spacial score (nSPS) is 11.8. The van der Waals surface area contributed by atoms with Crippen molar-refractivity contribution in [2.45, 2.75) is 20.3 Å². The molecule has 0 aromatic heterocycles. The molecule has 0 radical (unpaired) electrons. The lowest BCUT2D eigenvalue weighted by atomic mass is 10.0. The van der Waals surface area contributed by atoms with E-state index < -0.39 is 0 Å². The molecule has 0 nitrogen and oxygen atoms in total. The van der Waals surface area contributed by atoms with Crippen molar-refractivity contribution in [3.8, 4) is 0 Å². The van der Waals surface area contributed by atoms with Crippen molar-refractivity contribution >= 4 is 28.2 Å². The van der Waals surface area contributed by atoms with Crippen LogP contribution in [0.1, 0.15) is 24.5 Å². The van der Waals surface area contributed by atoms with E-state index in [0.717, 1.165) is 6.42 Å². The molecular formula is C11H13I. The Hall–Kier alpha value is -0.310. The van der Waals surface area contributed by atoms with E-state index in [-0.39, 0.29) is 0 Å². The summed E-state index contributed by atoms with van der Waals surface area (Å²) in [5.41, 5.74) is 4.17. The molecule has 64 valence electrons. The molecule has 0 aliphatic carbocycles. The van der Waals surface area contributed by atoms with Gasteiger partial charge in [0.1, 0.15) is 0 Å². The summed E-state index contributed by atoms with van der Waals surface area (Å²) in [6.45, 7) is 4.35. The molecule has 0 unspecified atom stereocenters. The van der Waals surface area contributed by atoms with Gasteiger partial charge in [-0.1, -0.05) is 53.8 Å². The molecule has 0 heterocycles. The third-order valence-corrected chi connectivity index (χ3v) is 2.76. The van der Waals surface area contributed by atoms with Crippen LogP contribution in [0, 0.1) is 6.92 Å². The minimum absolute atomic E-state index is 1.10. The Morgan fingerprint density at radius 2 is 2.08 bits per heavy atom. The lowest BCUT2D eigenvalue weighted by Gasteiger charge is -2.06. The molecule has 1 rings (SSSR count). The van der Waals surface area contributed by atoms with Gasteiger partial charge in [0.25, 0.3) is 0 Å². The Labute approximate surface area is 87.8 Å². The Bertz CT molecular complexity index is 287. The lowest BCUT2D eigenvalue weighted by Crippen LogP contribution is -1.85. The fourth-order valence-corrected chi connectivity index (χ4v) is 2.04. The van der Waals surface area contributed by atoms with Crippen molar-refractivity contribution in [1.82, 2.24) is 0 Å². The standard InChI is InChI=1S/C11H13I/c1-3-10(8-12)11-7-5-4-6-9(11)2/h4-8H,3H2,1-2H3/b10-8-. The smallest absolute Gasteiger partial charge is 0.0191 e. The number of rotatable bonds is 2. The maximum absolute atomic E-state index is 2.31. The third-order valence-electron chi connectivity index (χ3n) is 2.00. The predicted molar refractivity (Wildman–Crippen MR) is 63.5 cm³/mol. The van der Waals surface area contributed by atoms with Gasteiger partial charge in [-0.3, -0.25) is 0 Å². The molecule has 0 fully saturated rings. The zero-order chi connectivity index (χ0) is 8.97. The van der Waals surface area contributed by atoms with Crippen LogP contribution in [0.15, 0.2) is 28.3 Å². The molecular weight excluding hydrogens is 259 g/mol. The van der Waals surface area contributed by atoms with Crippen LogP contribution >= 0.6 is 22.6 Å². The largest absolute Gasteiger partial charge is 0.0620 e. The van der Waals surface area contributed by atoms with Gasteiger partial charge in [0.15, 0.2) is 0 Å². The summed E-state index contributed by atoms with van der Waals surface area (Å²) in [6, 6.07) is 8.52. The second kappa shape index (κ2) is 4.65. The minimum Gasteiger partial charge on any atom is -0.0620 e. The number of aryl methyl sites for hydroxylation is 1. The molecule has 0 atom stereocenters. The summed E-state index contributed by atoms with van der Waals surface area (Å²) in [6.07, 6.45) is 1.10. The van der Waals surface area contributed by atoms with Crippen LogP contribution in [-0.4, -0.2) is 0 Å². The van der Waals surface area contributed by atoms with Crippen molar-refractivity contribution < 1.29 is 0 Å². The summed E-state index contributed by atoms with van der Waals surface area (Å²) in [5.74, 6) is 0. The van der Waals surface area contributed by atoms with Crippen molar-refractivity contribution in [3.63, 3.8) is 0 Å². The second-order valence-corrected chi connectivity index (χ2v) is 3.43. The Morgan fingerprint density at radius 3 is 2.58 bits per heavy atom. The third kappa shape index (κ3) is 2.09. The van der Waals surface area contributed by atoms with Crippen molar-refractivity contribution in [2.24, 2.45) is 0 Å². The van der Waals surface area contributed by atoms with E-state index in [4.69, 9.17) is 0 Å². The number of hydrogen-bond acceptors (Lipinski definition) is 0. The summed E-state index contributed by atoms with van der Waals surface area (Å²) >= 11 is 2.31. The Morgan fingerprint density at radius 1 is 1.42 bits per heavy atom. The van der Waals surface area contributed by atoms with Crippen molar-refractivity contribution in [2.75, 3.05) is 0 Å².